The van der Waals surface area contributed by atoms with E-state index in [-0.39, 0.29) is 5.82 Å². The quantitative estimate of drug-likeness (QED) is 0.585. The van der Waals surface area contributed by atoms with Gasteiger partial charge in [0.15, 0.2) is 0 Å². The molecule has 0 aromatic carbocycles. The van der Waals surface area contributed by atoms with Crippen LogP contribution >= 0.6 is 0 Å². The molecular formula is C7H8FN3. The monoisotopic (exact) mass is 153 g/mol. The van der Waals surface area contributed by atoms with Crippen molar-refractivity contribution in [3.05, 3.63) is 18.1 Å². The molecule has 58 valence electrons. The van der Waals surface area contributed by atoms with Gasteiger partial charge in [-0.15, -0.1) is 0 Å². The molecular weight excluding hydrogens is 145 g/mol. The molecule has 0 saturated carbocycles. The summed E-state index contributed by atoms with van der Waals surface area (Å²) in [6.07, 6.45) is 1.21. The Kier molecular flexibility index (Phi) is 1.38. The molecule has 1 aromatic rings. The Morgan fingerprint density at radius 1 is 1.36 bits per heavy atom. The number of aromatic nitrogens is 1. The van der Waals surface area contributed by atoms with Gasteiger partial charge in [-0.1, -0.05) is 0 Å². The molecule has 4 heteroatoms. The van der Waals surface area contributed by atoms with Crippen LogP contribution in [0.5, 0.6) is 0 Å². The van der Waals surface area contributed by atoms with Crippen molar-refractivity contribution in [1.29, 1.82) is 0 Å². The molecule has 1 aliphatic heterocycles. The van der Waals surface area contributed by atoms with Gasteiger partial charge < -0.3 is 10.6 Å². The van der Waals surface area contributed by atoms with Crippen LogP contribution in [0.25, 0.3) is 0 Å². The first-order chi connectivity index (χ1) is 5.36. The van der Waals surface area contributed by atoms with Crippen molar-refractivity contribution in [2.24, 2.45) is 0 Å². The van der Waals surface area contributed by atoms with E-state index in [1.54, 1.807) is 0 Å². The van der Waals surface area contributed by atoms with E-state index in [1.165, 1.54) is 12.3 Å². The zero-order valence-electron chi connectivity index (χ0n) is 5.89. The minimum absolute atomic E-state index is 0.306. The second-order valence-electron chi connectivity index (χ2n) is 2.40. The SMILES string of the molecule is Fc1cnc2c(c1)NCCN2. The van der Waals surface area contributed by atoms with Gasteiger partial charge in [-0.05, 0) is 0 Å². The van der Waals surface area contributed by atoms with Crippen LogP contribution in [-0.2, 0) is 0 Å². The van der Waals surface area contributed by atoms with E-state index in [0.29, 0.717) is 0 Å². The highest BCUT2D eigenvalue weighted by atomic mass is 19.1. The standard InChI is InChI=1S/C7H8FN3/c8-5-3-6-7(11-4-5)10-2-1-9-6/h3-4,9H,1-2H2,(H,10,11). The summed E-state index contributed by atoms with van der Waals surface area (Å²) in [6, 6.07) is 1.44. The lowest BCUT2D eigenvalue weighted by atomic mass is 10.3. The zero-order chi connectivity index (χ0) is 7.68. The van der Waals surface area contributed by atoms with Gasteiger partial charge in [0.1, 0.15) is 11.6 Å². The van der Waals surface area contributed by atoms with Gasteiger partial charge in [0.05, 0.1) is 11.9 Å². The minimum atomic E-state index is -0.306. The third-order valence-corrected chi connectivity index (χ3v) is 1.59. The van der Waals surface area contributed by atoms with Crippen molar-refractivity contribution >= 4 is 11.5 Å². The average molecular weight is 153 g/mol. The number of fused-ring (bicyclic) bond motifs is 1. The zero-order valence-corrected chi connectivity index (χ0v) is 5.89. The number of hydrogen-bond donors (Lipinski definition) is 2. The summed E-state index contributed by atoms with van der Waals surface area (Å²) in [7, 11) is 0. The lowest BCUT2D eigenvalue weighted by Gasteiger charge is -2.17. The van der Waals surface area contributed by atoms with Gasteiger partial charge in [0, 0.05) is 19.2 Å². The summed E-state index contributed by atoms with van der Waals surface area (Å²) in [5.41, 5.74) is 0.747. The van der Waals surface area contributed by atoms with Crippen LogP contribution in [0, 0.1) is 5.82 Å². The summed E-state index contributed by atoms with van der Waals surface area (Å²) in [4.78, 5) is 3.87. The Morgan fingerprint density at radius 2 is 2.18 bits per heavy atom. The fourth-order valence-electron chi connectivity index (χ4n) is 1.09. The maximum Gasteiger partial charge on any atom is 0.149 e. The van der Waals surface area contributed by atoms with Crippen LogP contribution in [0.4, 0.5) is 15.9 Å². The first kappa shape index (κ1) is 6.39. The molecule has 0 unspecified atom stereocenters. The van der Waals surface area contributed by atoms with E-state index >= 15 is 0 Å². The van der Waals surface area contributed by atoms with Crippen LogP contribution in [0.3, 0.4) is 0 Å². The lowest BCUT2D eigenvalue weighted by molar-refractivity contribution is 0.621. The second-order valence-corrected chi connectivity index (χ2v) is 2.40. The van der Waals surface area contributed by atoms with Crippen LogP contribution in [-0.4, -0.2) is 18.1 Å². The number of pyridine rings is 1. The smallest absolute Gasteiger partial charge is 0.149 e. The third-order valence-electron chi connectivity index (χ3n) is 1.59. The number of nitrogens with one attached hydrogen (secondary N) is 2. The summed E-state index contributed by atoms with van der Waals surface area (Å²) < 4.78 is 12.6. The fraction of sp³-hybridized carbons (Fsp3) is 0.286. The summed E-state index contributed by atoms with van der Waals surface area (Å²) in [6.45, 7) is 1.66. The summed E-state index contributed by atoms with van der Waals surface area (Å²) in [5.74, 6) is 0.428. The largest absolute Gasteiger partial charge is 0.380 e. The van der Waals surface area contributed by atoms with Crippen molar-refractivity contribution in [3.8, 4) is 0 Å². The molecule has 0 fully saturated rings. The van der Waals surface area contributed by atoms with Gasteiger partial charge in [-0.2, -0.15) is 0 Å². The van der Waals surface area contributed by atoms with Gasteiger partial charge in [0.25, 0.3) is 0 Å². The second kappa shape index (κ2) is 2.38. The molecule has 3 nitrogen and oxygen atoms in total. The Bertz CT molecular complexity index is 274. The average Bonchev–Trinajstić information content (AvgIpc) is 2.04. The Labute approximate surface area is 63.6 Å². The third kappa shape index (κ3) is 1.11. The van der Waals surface area contributed by atoms with Gasteiger partial charge in [-0.25, -0.2) is 9.37 Å². The van der Waals surface area contributed by atoms with Crippen molar-refractivity contribution in [2.45, 2.75) is 0 Å². The van der Waals surface area contributed by atoms with Gasteiger partial charge in [0.2, 0.25) is 0 Å². The highest BCUT2D eigenvalue weighted by Gasteiger charge is 2.08. The predicted molar refractivity (Wildman–Crippen MR) is 41.2 cm³/mol. The Balaban J connectivity index is 2.43. The highest BCUT2D eigenvalue weighted by molar-refractivity contribution is 5.65. The minimum Gasteiger partial charge on any atom is -0.380 e. The number of rotatable bonds is 0. The van der Waals surface area contributed by atoms with E-state index in [1.807, 2.05) is 0 Å². The lowest BCUT2D eigenvalue weighted by Crippen LogP contribution is -2.21. The van der Waals surface area contributed by atoms with Crippen molar-refractivity contribution < 1.29 is 4.39 Å². The van der Waals surface area contributed by atoms with Crippen LogP contribution in [0.15, 0.2) is 12.3 Å². The Hall–Kier alpha value is -1.32. The van der Waals surface area contributed by atoms with Gasteiger partial charge >= 0.3 is 0 Å². The molecule has 2 heterocycles. The van der Waals surface area contributed by atoms with E-state index in [2.05, 4.69) is 15.6 Å². The molecule has 2 rings (SSSR count). The molecule has 0 aliphatic carbocycles. The Morgan fingerprint density at radius 3 is 3.09 bits per heavy atom. The predicted octanol–water partition coefficient (Wildman–Crippen LogP) is 1.06. The van der Waals surface area contributed by atoms with E-state index in [0.717, 1.165) is 24.6 Å². The fourth-order valence-corrected chi connectivity index (χ4v) is 1.09. The number of nitrogens with zero attached hydrogens (tertiary/aromatic N) is 1. The molecule has 0 amide bonds. The number of anilines is 2. The highest BCUT2D eigenvalue weighted by Crippen LogP contribution is 2.21. The molecule has 2 N–H and O–H groups in total. The van der Waals surface area contributed by atoms with Crippen molar-refractivity contribution in [2.75, 3.05) is 23.7 Å². The first-order valence-corrected chi connectivity index (χ1v) is 3.49. The van der Waals surface area contributed by atoms with Crippen LogP contribution in [0.1, 0.15) is 0 Å². The normalized spacial score (nSPS) is 14.6. The summed E-state index contributed by atoms with van der Waals surface area (Å²) >= 11 is 0. The molecule has 1 aromatic heterocycles. The maximum atomic E-state index is 12.6. The van der Waals surface area contributed by atoms with E-state index in [4.69, 9.17) is 0 Å². The van der Waals surface area contributed by atoms with Crippen LogP contribution in [0.2, 0.25) is 0 Å². The van der Waals surface area contributed by atoms with Crippen molar-refractivity contribution in [3.63, 3.8) is 0 Å². The van der Waals surface area contributed by atoms with E-state index in [9.17, 15) is 4.39 Å². The molecule has 0 atom stereocenters. The molecule has 1 aliphatic rings. The molecule has 0 bridgehead atoms. The molecule has 0 radical (unpaired) electrons. The van der Waals surface area contributed by atoms with Crippen LogP contribution < -0.4 is 10.6 Å². The number of halogens is 1. The summed E-state index contributed by atoms with van der Waals surface area (Å²) in [5, 5.41) is 6.09. The van der Waals surface area contributed by atoms with E-state index < -0.39 is 0 Å². The van der Waals surface area contributed by atoms with Gasteiger partial charge in [-0.3, -0.25) is 0 Å². The topological polar surface area (TPSA) is 37.0 Å². The number of hydrogen-bond acceptors (Lipinski definition) is 3. The maximum absolute atomic E-state index is 12.6. The molecule has 0 saturated heterocycles. The molecule has 11 heavy (non-hydrogen) atoms. The van der Waals surface area contributed by atoms with Crippen molar-refractivity contribution in [1.82, 2.24) is 4.98 Å². The first-order valence-electron chi connectivity index (χ1n) is 3.49. The molecule has 0 spiro atoms.